The van der Waals surface area contributed by atoms with Gasteiger partial charge in [0.25, 0.3) is 21.6 Å². The Hall–Kier alpha value is -3.79. The molecule has 0 saturated carbocycles. The molecule has 8 nitrogen and oxygen atoms in total. The second kappa shape index (κ2) is 9.56. The second-order valence-corrected chi connectivity index (χ2v) is 8.71. The zero-order valence-corrected chi connectivity index (χ0v) is 17.9. The summed E-state index contributed by atoms with van der Waals surface area (Å²) >= 11 is 0. The van der Waals surface area contributed by atoms with Gasteiger partial charge in [0.2, 0.25) is 0 Å². The third kappa shape index (κ3) is 5.67. The number of anilines is 1. The molecule has 32 heavy (non-hydrogen) atoms. The summed E-state index contributed by atoms with van der Waals surface area (Å²) in [6.07, 6.45) is 0.462. The van der Waals surface area contributed by atoms with Crippen LogP contribution >= 0.6 is 0 Å². The standard InChI is InChI=1S/C22H20FN3O5S/c1-15-5-10-20(14-21(15)26(28)29)32(30,31)25-19-8-6-17(7-9-19)22(27)24-12-11-16-3-2-4-18(23)13-16/h2-10,13-14,25H,11-12H2,1H3,(H,24,27). The van der Waals surface area contributed by atoms with E-state index in [-0.39, 0.29) is 28.0 Å². The number of amides is 1. The fourth-order valence-corrected chi connectivity index (χ4v) is 4.05. The van der Waals surface area contributed by atoms with Crippen molar-refractivity contribution in [1.82, 2.24) is 5.32 Å². The Bertz CT molecular complexity index is 1260. The van der Waals surface area contributed by atoms with Gasteiger partial charge in [-0.15, -0.1) is 0 Å². The SMILES string of the molecule is Cc1ccc(S(=O)(=O)Nc2ccc(C(=O)NCCc3cccc(F)c3)cc2)cc1[N+](=O)[O-]. The third-order valence-electron chi connectivity index (χ3n) is 4.68. The zero-order chi connectivity index (χ0) is 23.3. The zero-order valence-electron chi connectivity index (χ0n) is 17.0. The molecule has 0 atom stereocenters. The molecule has 1 amide bonds. The predicted molar refractivity (Wildman–Crippen MR) is 118 cm³/mol. The maximum absolute atomic E-state index is 13.2. The van der Waals surface area contributed by atoms with Gasteiger partial charge in [-0.1, -0.05) is 18.2 Å². The van der Waals surface area contributed by atoms with Crippen molar-refractivity contribution in [2.75, 3.05) is 11.3 Å². The average Bonchev–Trinajstić information content (AvgIpc) is 2.74. The van der Waals surface area contributed by atoms with Gasteiger partial charge >= 0.3 is 0 Å². The van der Waals surface area contributed by atoms with Crippen molar-refractivity contribution in [3.05, 3.63) is 99.4 Å². The summed E-state index contributed by atoms with van der Waals surface area (Å²) in [5, 5.41) is 13.8. The fraction of sp³-hybridized carbons (Fsp3) is 0.136. The maximum atomic E-state index is 13.2. The number of benzene rings is 3. The first kappa shape index (κ1) is 22.9. The number of carbonyl (C=O) groups is 1. The van der Waals surface area contributed by atoms with Gasteiger partial charge in [0.1, 0.15) is 5.82 Å². The van der Waals surface area contributed by atoms with Crippen LogP contribution < -0.4 is 10.0 Å². The molecule has 0 bridgehead atoms. The lowest BCUT2D eigenvalue weighted by Crippen LogP contribution is -2.25. The number of hydrogen-bond donors (Lipinski definition) is 2. The molecule has 0 aliphatic heterocycles. The quantitative estimate of drug-likeness (QED) is 0.394. The van der Waals surface area contributed by atoms with E-state index in [1.165, 1.54) is 55.5 Å². The minimum atomic E-state index is -4.05. The molecule has 0 aliphatic rings. The van der Waals surface area contributed by atoms with E-state index in [0.717, 1.165) is 11.6 Å². The number of nitro benzene ring substituents is 1. The van der Waals surface area contributed by atoms with E-state index in [1.807, 2.05) is 0 Å². The highest BCUT2D eigenvalue weighted by Crippen LogP contribution is 2.24. The molecule has 10 heteroatoms. The van der Waals surface area contributed by atoms with Gasteiger partial charge in [-0.3, -0.25) is 19.6 Å². The molecule has 3 rings (SSSR count). The molecular formula is C22H20FN3O5S. The summed E-state index contributed by atoms with van der Waals surface area (Å²) in [6.45, 7) is 1.83. The van der Waals surface area contributed by atoms with Gasteiger partial charge in [0, 0.05) is 29.4 Å². The normalized spacial score (nSPS) is 11.1. The summed E-state index contributed by atoms with van der Waals surface area (Å²) in [5.74, 6) is -0.697. The van der Waals surface area contributed by atoms with Gasteiger partial charge in [0.05, 0.1) is 9.82 Å². The Kier molecular flexibility index (Phi) is 6.84. The van der Waals surface area contributed by atoms with Gasteiger partial charge < -0.3 is 5.32 Å². The summed E-state index contributed by atoms with van der Waals surface area (Å²) in [7, 11) is -4.05. The molecule has 3 aromatic carbocycles. The highest BCUT2D eigenvalue weighted by molar-refractivity contribution is 7.92. The van der Waals surface area contributed by atoms with Crippen molar-refractivity contribution in [1.29, 1.82) is 0 Å². The molecular weight excluding hydrogens is 437 g/mol. The largest absolute Gasteiger partial charge is 0.352 e. The molecule has 0 heterocycles. The van der Waals surface area contributed by atoms with Crippen molar-refractivity contribution >= 4 is 27.3 Å². The van der Waals surface area contributed by atoms with E-state index in [2.05, 4.69) is 10.0 Å². The van der Waals surface area contributed by atoms with E-state index in [1.54, 1.807) is 12.1 Å². The Morgan fingerprint density at radius 3 is 2.44 bits per heavy atom. The average molecular weight is 457 g/mol. The highest BCUT2D eigenvalue weighted by atomic mass is 32.2. The number of sulfonamides is 1. The number of rotatable bonds is 8. The number of aryl methyl sites for hydroxylation is 1. The van der Waals surface area contributed by atoms with E-state index in [9.17, 15) is 27.7 Å². The maximum Gasteiger partial charge on any atom is 0.273 e. The Labute approximate surface area is 184 Å². The number of halogens is 1. The lowest BCUT2D eigenvalue weighted by Gasteiger charge is -2.10. The molecule has 0 spiro atoms. The first-order valence-corrected chi connectivity index (χ1v) is 11.0. The Balaban J connectivity index is 1.63. The van der Waals surface area contributed by atoms with Crippen LogP contribution in [-0.4, -0.2) is 25.8 Å². The van der Waals surface area contributed by atoms with Gasteiger partial charge in [0.15, 0.2) is 0 Å². The van der Waals surface area contributed by atoms with E-state index < -0.39 is 14.9 Å². The van der Waals surface area contributed by atoms with E-state index >= 15 is 0 Å². The predicted octanol–water partition coefficient (Wildman–Crippen LogP) is 3.82. The molecule has 0 aliphatic carbocycles. The molecule has 3 aromatic rings. The molecule has 166 valence electrons. The van der Waals surface area contributed by atoms with Crippen LogP contribution in [0.25, 0.3) is 0 Å². The lowest BCUT2D eigenvalue weighted by atomic mass is 10.1. The smallest absolute Gasteiger partial charge is 0.273 e. The molecule has 2 N–H and O–H groups in total. The number of carbonyl (C=O) groups excluding carboxylic acids is 1. The summed E-state index contributed by atoms with van der Waals surface area (Å²) in [5.41, 5.74) is 1.33. The molecule has 0 radical (unpaired) electrons. The first-order valence-electron chi connectivity index (χ1n) is 9.56. The topological polar surface area (TPSA) is 118 Å². The van der Waals surface area contributed by atoms with E-state index in [0.29, 0.717) is 24.1 Å². The van der Waals surface area contributed by atoms with Gasteiger partial charge in [-0.25, -0.2) is 12.8 Å². The molecule has 0 aromatic heterocycles. The number of nitro groups is 1. The van der Waals surface area contributed by atoms with Crippen molar-refractivity contribution in [2.24, 2.45) is 0 Å². The molecule has 0 unspecified atom stereocenters. The van der Waals surface area contributed by atoms with Crippen LogP contribution in [0.2, 0.25) is 0 Å². The highest BCUT2D eigenvalue weighted by Gasteiger charge is 2.20. The lowest BCUT2D eigenvalue weighted by molar-refractivity contribution is -0.385. The van der Waals surface area contributed by atoms with Crippen LogP contribution in [0.3, 0.4) is 0 Å². The molecule has 0 saturated heterocycles. The summed E-state index contributed by atoms with van der Waals surface area (Å²) < 4.78 is 40.7. The van der Waals surface area contributed by atoms with Crippen LogP contribution in [0, 0.1) is 22.9 Å². The van der Waals surface area contributed by atoms with Crippen LogP contribution in [-0.2, 0) is 16.4 Å². The van der Waals surface area contributed by atoms with Crippen LogP contribution in [0.1, 0.15) is 21.5 Å². The van der Waals surface area contributed by atoms with Crippen molar-refractivity contribution in [3.63, 3.8) is 0 Å². The van der Waals surface area contributed by atoms with Gasteiger partial charge in [-0.2, -0.15) is 0 Å². The van der Waals surface area contributed by atoms with Crippen LogP contribution in [0.15, 0.2) is 71.6 Å². The second-order valence-electron chi connectivity index (χ2n) is 7.02. The van der Waals surface area contributed by atoms with Crippen molar-refractivity contribution in [3.8, 4) is 0 Å². The fourth-order valence-electron chi connectivity index (χ4n) is 2.97. The van der Waals surface area contributed by atoms with Gasteiger partial charge in [-0.05, 0) is 61.4 Å². The van der Waals surface area contributed by atoms with Crippen LogP contribution in [0.5, 0.6) is 0 Å². The third-order valence-corrected chi connectivity index (χ3v) is 6.05. The minimum Gasteiger partial charge on any atom is -0.352 e. The number of hydrogen-bond acceptors (Lipinski definition) is 5. The minimum absolute atomic E-state index is 0.199. The van der Waals surface area contributed by atoms with Crippen molar-refractivity contribution in [2.45, 2.75) is 18.2 Å². The monoisotopic (exact) mass is 457 g/mol. The number of nitrogens with one attached hydrogen (secondary N) is 2. The number of nitrogens with zero attached hydrogens (tertiary/aromatic N) is 1. The Morgan fingerprint density at radius 1 is 1.06 bits per heavy atom. The van der Waals surface area contributed by atoms with E-state index in [4.69, 9.17) is 0 Å². The summed E-state index contributed by atoms with van der Waals surface area (Å²) in [4.78, 5) is 22.4. The van der Waals surface area contributed by atoms with Crippen LogP contribution in [0.4, 0.5) is 15.8 Å². The summed E-state index contributed by atoms with van der Waals surface area (Å²) in [6, 6.07) is 15.5. The van der Waals surface area contributed by atoms with Crippen molar-refractivity contribution < 1.29 is 22.5 Å². The Morgan fingerprint density at radius 2 is 1.78 bits per heavy atom. The molecule has 0 fully saturated rings. The first-order chi connectivity index (χ1) is 15.2.